The smallest absolute Gasteiger partial charge is 0.243 e. The molecular weight excluding hydrogens is 312 g/mol. The van der Waals surface area contributed by atoms with Crippen LogP contribution in [0.2, 0.25) is 0 Å². The van der Waals surface area contributed by atoms with Gasteiger partial charge in [0, 0.05) is 19.4 Å². The first-order valence-electron chi connectivity index (χ1n) is 9.00. The summed E-state index contributed by atoms with van der Waals surface area (Å²) in [5, 5.41) is 5.40. The zero-order chi connectivity index (χ0) is 19.2. The van der Waals surface area contributed by atoms with Crippen LogP contribution in [0, 0.1) is 5.92 Å². The third-order valence-electron chi connectivity index (χ3n) is 3.99. The molecular formula is C21H26N2O2. The van der Waals surface area contributed by atoms with Crippen molar-refractivity contribution in [1.82, 2.24) is 10.6 Å². The lowest BCUT2D eigenvalue weighted by Gasteiger charge is -2.30. The van der Waals surface area contributed by atoms with E-state index in [1.165, 1.54) is 6.92 Å². The molecule has 0 saturated heterocycles. The molecule has 25 heavy (non-hydrogen) atoms. The number of rotatable bonds is 7. The van der Waals surface area contributed by atoms with Gasteiger partial charge < -0.3 is 10.6 Å². The lowest BCUT2D eigenvalue weighted by atomic mass is 9.82. The van der Waals surface area contributed by atoms with E-state index in [0.717, 1.165) is 11.1 Å². The predicted molar refractivity (Wildman–Crippen MR) is 99.9 cm³/mol. The van der Waals surface area contributed by atoms with Crippen LogP contribution in [0.25, 0.3) is 0 Å². The number of hydrogen-bond donors (Lipinski definition) is 2. The van der Waals surface area contributed by atoms with Gasteiger partial charge in [0.1, 0.15) is 6.02 Å². The summed E-state index contributed by atoms with van der Waals surface area (Å²) in [6, 6.07) is 17.1. The highest BCUT2D eigenvalue weighted by molar-refractivity contribution is 5.87. The van der Waals surface area contributed by atoms with Gasteiger partial charge in [-0.15, -0.1) is 0 Å². The van der Waals surface area contributed by atoms with Gasteiger partial charge in [0.15, 0.2) is 0 Å². The molecule has 4 heteroatoms. The van der Waals surface area contributed by atoms with Crippen LogP contribution in [-0.4, -0.2) is 17.8 Å². The van der Waals surface area contributed by atoms with Crippen LogP contribution >= 0.6 is 0 Å². The quantitative estimate of drug-likeness (QED) is 0.813. The van der Waals surface area contributed by atoms with Crippen molar-refractivity contribution in [2.45, 2.75) is 39.3 Å². The first kappa shape index (κ1) is 17.2. The van der Waals surface area contributed by atoms with Gasteiger partial charge in [0.2, 0.25) is 11.8 Å². The first-order valence-corrected chi connectivity index (χ1v) is 8.50. The van der Waals surface area contributed by atoms with Gasteiger partial charge in [-0.3, -0.25) is 9.59 Å². The van der Waals surface area contributed by atoms with Gasteiger partial charge in [0.25, 0.3) is 0 Å². The highest BCUT2D eigenvalue weighted by atomic mass is 16.2. The molecule has 0 aromatic heterocycles. The Hall–Kier alpha value is -2.62. The molecule has 0 fully saturated rings. The minimum Gasteiger partial charge on any atom is -0.350 e. The fourth-order valence-corrected chi connectivity index (χ4v) is 2.88. The Balaban J connectivity index is 2.32. The standard InChI is InChI=1S/C21H26N2O2/c1-15(2)19(18-12-8-5-9-13-18)20(23-16(3)24)21(25)22-14-17-10-6-4-7-11-17/h4-13,15,19-20H,14H2,1-3H3,(H,22,25)(H,23,24)/i20D. The molecule has 0 spiro atoms. The average molecular weight is 339 g/mol. The minimum absolute atomic E-state index is 0.0239. The van der Waals surface area contributed by atoms with Crippen LogP contribution in [0.15, 0.2) is 60.7 Å². The van der Waals surface area contributed by atoms with E-state index < -0.39 is 23.8 Å². The number of benzene rings is 2. The van der Waals surface area contributed by atoms with Gasteiger partial charge in [0.05, 0.1) is 1.37 Å². The van der Waals surface area contributed by atoms with E-state index in [4.69, 9.17) is 1.37 Å². The summed E-state index contributed by atoms with van der Waals surface area (Å²) in [4.78, 5) is 24.8. The highest BCUT2D eigenvalue weighted by Crippen LogP contribution is 2.28. The Morgan fingerprint density at radius 2 is 1.56 bits per heavy atom. The molecule has 0 aliphatic rings. The third-order valence-corrected chi connectivity index (χ3v) is 3.99. The molecule has 0 aliphatic heterocycles. The number of hydrogen-bond acceptors (Lipinski definition) is 2. The maximum absolute atomic E-state index is 13.0. The van der Waals surface area contributed by atoms with Crippen molar-refractivity contribution in [3.05, 3.63) is 71.8 Å². The number of carbonyl (C=O) groups is 2. The van der Waals surface area contributed by atoms with E-state index in [9.17, 15) is 9.59 Å². The Kier molecular flexibility index (Phi) is 6.21. The normalized spacial score (nSPS) is 15.0. The topological polar surface area (TPSA) is 58.2 Å². The highest BCUT2D eigenvalue weighted by Gasteiger charge is 2.32. The van der Waals surface area contributed by atoms with Crippen molar-refractivity contribution in [2.75, 3.05) is 0 Å². The average Bonchev–Trinajstić information content (AvgIpc) is 2.60. The van der Waals surface area contributed by atoms with Crippen molar-refractivity contribution >= 4 is 11.8 Å². The molecule has 2 rings (SSSR count). The summed E-state index contributed by atoms with van der Waals surface area (Å²) < 4.78 is 8.90. The first-order chi connectivity index (χ1) is 12.3. The summed E-state index contributed by atoms with van der Waals surface area (Å²) in [6.07, 6.45) is 0. The van der Waals surface area contributed by atoms with E-state index in [0.29, 0.717) is 6.54 Å². The zero-order valence-electron chi connectivity index (χ0n) is 16.0. The van der Waals surface area contributed by atoms with E-state index in [-0.39, 0.29) is 5.92 Å². The summed E-state index contributed by atoms with van der Waals surface area (Å²) in [6.45, 7) is 5.54. The van der Waals surface area contributed by atoms with E-state index in [2.05, 4.69) is 10.6 Å². The molecule has 2 aromatic rings. The lowest BCUT2D eigenvalue weighted by Crippen LogP contribution is -2.50. The van der Waals surface area contributed by atoms with Gasteiger partial charge in [-0.05, 0) is 17.0 Å². The molecule has 2 amide bonds. The third kappa shape index (κ3) is 5.45. The summed E-state index contributed by atoms with van der Waals surface area (Å²) in [5.41, 5.74) is 1.79. The van der Waals surface area contributed by atoms with Crippen molar-refractivity contribution < 1.29 is 11.0 Å². The van der Waals surface area contributed by atoms with Gasteiger partial charge in [-0.1, -0.05) is 74.5 Å². The van der Waals surface area contributed by atoms with Crippen molar-refractivity contribution in [3.63, 3.8) is 0 Å². The molecule has 2 unspecified atom stereocenters. The van der Waals surface area contributed by atoms with Gasteiger partial charge in [-0.2, -0.15) is 0 Å². The van der Waals surface area contributed by atoms with E-state index >= 15 is 0 Å². The van der Waals surface area contributed by atoms with Gasteiger partial charge in [-0.25, -0.2) is 0 Å². The molecule has 132 valence electrons. The summed E-state index contributed by atoms with van der Waals surface area (Å²) >= 11 is 0. The number of amides is 2. The van der Waals surface area contributed by atoms with Crippen LogP contribution in [0.1, 0.15) is 39.2 Å². The molecule has 0 radical (unpaired) electrons. The summed E-state index contributed by atoms with van der Waals surface area (Å²) in [5.74, 6) is -1.43. The molecule has 0 bridgehead atoms. The molecule has 2 N–H and O–H groups in total. The fraction of sp³-hybridized carbons (Fsp3) is 0.333. The Morgan fingerprint density at radius 3 is 2.08 bits per heavy atom. The fourth-order valence-electron chi connectivity index (χ4n) is 2.88. The van der Waals surface area contributed by atoms with Crippen LogP contribution in [-0.2, 0) is 16.1 Å². The lowest BCUT2D eigenvalue weighted by molar-refractivity contribution is -0.129. The van der Waals surface area contributed by atoms with Crippen LogP contribution in [0.4, 0.5) is 0 Å². The summed E-state index contributed by atoms with van der Waals surface area (Å²) in [7, 11) is 0. The number of carbonyl (C=O) groups excluding carboxylic acids is 2. The van der Waals surface area contributed by atoms with Crippen molar-refractivity contribution in [1.29, 1.82) is 0 Å². The minimum atomic E-state index is -1.80. The molecule has 2 aromatic carbocycles. The van der Waals surface area contributed by atoms with Gasteiger partial charge >= 0.3 is 0 Å². The van der Waals surface area contributed by atoms with E-state index in [1.807, 2.05) is 74.5 Å². The second-order valence-corrected chi connectivity index (χ2v) is 6.40. The molecule has 0 heterocycles. The Labute approximate surface area is 151 Å². The van der Waals surface area contributed by atoms with Crippen molar-refractivity contribution in [2.24, 2.45) is 5.92 Å². The number of nitrogens with one attached hydrogen (secondary N) is 2. The van der Waals surface area contributed by atoms with Crippen molar-refractivity contribution in [3.8, 4) is 0 Å². The second-order valence-electron chi connectivity index (χ2n) is 6.40. The monoisotopic (exact) mass is 339 g/mol. The SMILES string of the molecule is [2H]C(NC(C)=O)(C(=O)NCc1ccccc1)C(c1ccccc1)C(C)C. The van der Waals surface area contributed by atoms with Crippen LogP contribution in [0.3, 0.4) is 0 Å². The molecule has 0 saturated carbocycles. The Bertz CT molecular complexity index is 734. The molecule has 2 atom stereocenters. The molecule has 4 nitrogen and oxygen atoms in total. The zero-order valence-corrected chi connectivity index (χ0v) is 15.0. The Morgan fingerprint density at radius 1 is 1.00 bits per heavy atom. The maximum atomic E-state index is 13.0. The van der Waals surface area contributed by atoms with Crippen LogP contribution in [0.5, 0.6) is 0 Å². The molecule has 0 aliphatic carbocycles. The van der Waals surface area contributed by atoms with Crippen LogP contribution < -0.4 is 10.6 Å². The predicted octanol–water partition coefficient (Wildman–Crippen LogP) is 3.25. The second kappa shape index (κ2) is 9.02. The largest absolute Gasteiger partial charge is 0.350 e. The maximum Gasteiger partial charge on any atom is 0.243 e. The van der Waals surface area contributed by atoms with E-state index in [1.54, 1.807) is 0 Å².